The summed E-state index contributed by atoms with van der Waals surface area (Å²) in [5.74, 6) is -0.376. The molecule has 19 heavy (non-hydrogen) atoms. The number of anilines is 1. The lowest BCUT2D eigenvalue weighted by Gasteiger charge is -2.11. The Morgan fingerprint density at radius 3 is 2.79 bits per heavy atom. The molecule has 0 unspecified atom stereocenters. The number of halogens is 1. The lowest BCUT2D eigenvalue weighted by atomic mass is 10.1. The minimum Gasteiger partial charge on any atom is -0.282 e. The van der Waals surface area contributed by atoms with E-state index < -0.39 is 15.8 Å². The Bertz CT molecular complexity index is 695. The second-order valence-corrected chi connectivity index (χ2v) is 6.30. The highest BCUT2D eigenvalue weighted by atomic mass is 32.2. The van der Waals surface area contributed by atoms with Crippen molar-refractivity contribution in [2.24, 2.45) is 0 Å². The second-order valence-electron chi connectivity index (χ2n) is 4.34. The fourth-order valence-corrected chi connectivity index (χ4v) is 3.19. The minimum absolute atomic E-state index is 0.0734. The summed E-state index contributed by atoms with van der Waals surface area (Å²) in [6.07, 6.45) is 2.52. The monoisotopic (exact) mass is 282 g/mol. The van der Waals surface area contributed by atoms with E-state index >= 15 is 0 Å². The highest BCUT2D eigenvalue weighted by Crippen LogP contribution is 2.33. The van der Waals surface area contributed by atoms with Crippen molar-refractivity contribution in [3.8, 4) is 11.4 Å². The number of aromatic amines is 1. The van der Waals surface area contributed by atoms with E-state index in [9.17, 15) is 12.8 Å². The van der Waals surface area contributed by atoms with E-state index in [2.05, 4.69) is 19.9 Å². The molecule has 1 aliphatic rings. The Balaban J connectivity index is 2.04. The van der Waals surface area contributed by atoms with Crippen LogP contribution in [-0.4, -0.2) is 28.8 Å². The van der Waals surface area contributed by atoms with Crippen molar-refractivity contribution in [2.75, 3.05) is 4.72 Å². The van der Waals surface area contributed by atoms with Gasteiger partial charge < -0.3 is 0 Å². The van der Waals surface area contributed by atoms with Crippen LogP contribution in [0.1, 0.15) is 12.8 Å². The predicted molar refractivity (Wildman–Crippen MR) is 67.3 cm³/mol. The van der Waals surface area contributed by atoms with Gasteiger partial charge in [-0.15, -0.1) is 0 Å². The van der Waals surface area contributed by atoms with E-state index in [0.717, 1.165) is 0 Å². The number of hydrogen-bond donors (Lipinski definition) is 2. The van der Waals surface area contributed by atoms with Gasteiger partial charge in [0.2, 0.25) is 10.0 Å². The lowest BCUT2D eigenvalue weighted by Crippen LogP contribution is -2.18. The number of benzene rings is 1. The Morgan fingerprint density at radius 1 is 1.37 bits per heavy atom. The number of rotatable bonds is 4. The standard InChI is InChI=1S/C11H11FN4O2S/c12-8-2-1-3-9(10(8)11-13-6-14-15-11)16-19(17,18)7-4-5-7/h1-3,6-7,16H,4-5H2,(H,13,14,15). The zero-order valence-corrected chi connectivity index (χ0v) is 10.6. The van der Waals surface area contributed by atoms with Gasteiger partial charge in [0, 0.05) is 0 Å². The van der Waals surface area contributed by atoms with E-state index in [1.54, 1.807) is 0 Å². The quantitative estimate of drug-likeness (QED) is 0.889. The van der Waals surface area contributed by atoms with Gasteiger partial charge in [0.05, 0.1) is 16.5 Å². The van der Waals surface area contributed by atoms with E-state index in [4.69, 9.17) is 0 Å². The fraction of sp³-hybridized carbons (Fsp3) is 0.273. The van der Waals surface area contributed by atoms with Gasteiger partial charge in [0.25, 0.3) is 0 Å². The predicted octanol–water partition coefficient (Wildman–Crippen LogP) is 1.51. The van der Waals surface area contributed by atoms with Gasteiger partial charge in [0.15, 0.2) is 5.82 Å². The summed E-state index contributed by atoms with van der Waals surface area (Å²) < 4.78 is 40.1. The SMILES string of the molecule is O=S(=O)(Nc1cccc(F)c1-c1ncn[nH]1)C1CC1. The molecule has 8 heteroatoms. The second kappa shape index (κ2) is 4.30. The highest BCUT2D eigenvalue weighted by Gasteiger charge is 2.36. The van der Waals surface area contributed by atoms with Crippen molar-refractivity contribution < 1.29 is 12.8 Å². The number of sulfonamides is 1. The molecule has 1 aromatic carbocycles. The maximum Gasteiger partial charge on any atom is 0.235 e. The van der Waals surface area contributed by atoms with Crippen molar-refractivity contribution in [1.29, 1.82) is 0 Å². The normalized spacial score (nSPS) is 15.4. The summed E-state index contributed by atoms with van der Waals surface area (Å²) in [5.41, 5.74) is 0.243. The molecular weight excluding hydrogens is 271 g/mol. The Labute approximate surface area is 109 Å². The van der Waals surface area contributed by atoms with Gasteiger partial charge in [-0.25, -0.2) is 17.8 Å². The molecule has 3 rings (SSSR count). The van der Waals surface area contributed by atoms with Crippen LogP contribution >= 0.6 is 0 Å². The van der Waals surface area contributed by atoms with Crippen LogP contribution in [0.25, 0.3) is 11.4 Å². The van der Waals surface area contributed by atoms with Crippen LogP contribution < -0.4 is 4.72 Å². The van der Waals surface area contributed by atoms with Gasteiger partial charge in [-0.1, -0.05) is 6.07 Å². The third kappa shape index (κ3) is 2.30. The number of hydrogen-bond acceptors (Lipinski definition) is 4. The van der Waals surface area contributed by atoms with Crippen LogP contribution in [0, 0.1) is 5.82 Å². The molecule has 1 saturated carbocycles. The van der Waals surface area contributed by atoms with Gasteiger partial charge in [-0.2, -0.15) is 5.10 Å². The van der Waals surface area contributed by atoms with Crippen molar-refractivity contribution >= 4 is 15.7 Å². The molecule has 0 bridgehead atoms. The zero-order chi connectivity index (χ0) is 13.5. The van der Waals surface area contributed by atoms with Crippen LogP contribution in [0.3, 0.4) is 0 Å². The molecule has 1 aliphatic carbocycles. The summed E-state index contributed by atoms with van der Waals surface area (Å²) in [7, 11) is -3.45. The third-order valence-corrected chi connectivity index (χ3v) is 4.73. The number of aromatic nitrogens is 3. The molecule has 0 aliphatic heterocycles. The topological polar surface area (TPSA) is 87.7 Å². The first-order valence-corrected chi connectivity index (χ1v) is 7.28. The first kappa shape index (κ1) is 12.1. The van der Waals surface area contributed by atoms with Gasteiger partial charge in [-0.05, 0) is 25.0 Å². The molecule has 1 heterocycles. The molecule has 2 aromatic rings. The fourth-order valence-electron chi connectivity index (χ4n) is 1.79. The summed E-state index contributed by atoms with van der Waals surface area (Å²) in [6, 6.07) is 4.19. The molecule has 0 saturated heterocycles. The summed E-state index contributed by atoms with van der Waals surface area (Å²) >= 11 is 0. The molecule has 1 fully saturated rings. The number of nitrogens with one attached hydrogen (secondary N) is 2. The van der Waals surface area contributed by atoms with Crippen LogP contribution in [0.4, 0.5) is 10.1 Å². The molecule has 0 amide bonds. The van der Waals surface area contributed by atoms with Crippen molar-refractivity contribution in [3.63, 3.8) is 0 Å². The van der Waals surface area contributed by atoms with Crippen molar-refractivity contribution in [3.05, 3.63) is 30.3 Å². The Hall–Kier alpha value is -1.96. The van der Waals surface area contributed by atoms with Crippen LogP contribution in [0.15, 0.2) is 24.5 Å². The average Bonchev–Trinajstić information content (AvgIpc) is 3.09. The zero-order valence-electron chi connectivity index (χ0n) is 9.80. The van der Waals surface area contributed by atoms with Crippen LogP contribution in [0.2, 0.25) is 0 Å². The average molecular weight is 282 g/mol. The molecule has 1 aromatic heterocycles. The van der Waals surface area contributed by atoms with Gasteiger partial charge in [0.1, 0.15) is 12.1 Å². The summed E-state index contributed by atoms with van der Waals surface area (Å²) in [6.45, 7) is 0. The molecule has 2 N–H and O–H groups in total. The van der Waals surface area contributed by atoms with E-state index in [1.165, 1.54) is 24.5 Å². The summed E-state index contributed by atoms with van der Waals surface area (Å²) in [4.78, 5) is 3.86. The lowest BCUT2D eigenvalue weighted by molar-refractivity contribution is 0.600. The van der Waals surface area contributed by atoms with E-state index in [1.807, 2.05) is 0 Å². The Morgan fingerprint density at radius 2 is 2.16 bits per heavy atom. The maximum atomic E-state index is 13.9. The first-order valence-electron chi connectivity index (χ1n) is 5.74. The van der Waals surface area contributed by atoms with Crippen molar-refractivity contribution in [2.45, 2.75) is 18.1 Å². The minimum atomic E-state index is -3.45. The first-order chi connectivity index (χ1) is 9.08. The third-order valence-electron chi connectivity index (χ3n) is 2.88. The largest absolute Gasteiger partial charge is 0.282 e. The summed E-state index contributed by atoms with van der Waals surface area (Å²) in [5, 5.41) is 5.80. The van der Waals surface area contributed by atoms with E-state index in [-0.39, 0.29) is 22.3 Å². The number of H-pyrrole nitrogens is 1. The molecule has 0 radical (unpaired) electrons. The smallest absolute Gasteiger partial charge is 0.235 e. The maximum absolute atomic E-state index is 13.9. The van der Waals surface area contributed by atoms with Crippen molar-refractivity contribution in [1.82, 2.24) is 15.2 Å². The highest BCUT2D eigenvalue weighted by molar-refractivity contribution is 7.93. The van der Waals surface area contributed by atoms with Crippen LogP contribution in [0.5, 0.6) is 0 Å². The molecule has 0 atom stereocenters. The molecule has 0 spiro atoms. The van der Waals surface area contributed by atoms with Crippen LogP contribution in [-0.2, 0) is 10.0 Å². The van der Waals surface area contributed by atoms with Gasteiger partial charge >= 0.3 is 0 Å². The Kier molecular flexibility index (Phi) is 2.74. The van der Waals surface area contributed by atoms with E-state index in [0.29, 0.717) is 12.8 Å². The molecular formula is C11H11FN4O2S. The molecule has 6 nitrogen and oxygen atoms in total. The number of nitrogens with zero attached hydrogens (tertiary/aromatic N) is 2. The molecule has 100 valence electrons. The van der Waals surface area contributed by atoms with Gasteiger partial charge in [-0.3, -0.25) is 9.82 Å².